The van der Waals surface area contributed by atoms with E-state index in [1.807, 2.05) is 84.9 Å². The first-order valence-corrected chi connectivity index (χ1v) is 9.93. The molecule has 0 spiro atoms. The Balaban J connectivity index is 1.76. The van der Waals surface area contributed by atoms with Gasteiger partial charge >= 0.3 is 0 Å². The Morgan fingerprint density at radius 1 is 0.552 bits per heavy atom. The van der Waals surface area contributed by atoms with Crippen LogP contribution < -0.4 is 4.90 Å². The van der Waals surface area contributed by atoms with Crippen LogP contribution in [0, 0.1) is 0 Å². The molecule has 0 atom stereocenters. The Morgan fingerprint density at radius 3 is 1.45 bits per heavy atom. The molecule has 4 aromatic carbocycles. The first-order valence-electron chi connectivity index (χ1n) is 9.93. The molecule has 0 heterocycles. The first-order chi connectivity index (χ1) is 14.3. The molecule has 0 aromatic heterocycles. The van der Waals surface area contributed by atoms with Crippen molar-refractivity contribution in [2.45, 2.75) is 12.1 Å². The van der Waals surface area contributed by atoms with E-state index in [-0.39, 0.29) is 0 Å². The van der Waals surface area contributed by atoms with Crippen LogP contribution in [0.1, 0.15) is 16.7 Å². The standard InChI is InChI=1S/C27H25NO/c29-27(24-15-7-2-8-16-24,25-17-9-3-10-18-25)22-28(26-19-11-4-12-20-26)21-23-13-5-1-6-14-23/h1-20,29H,21-22H2. The summed E-state index contributed by atoms with van der Waals surface area (Å²) in [6, 6.07) is 40.6. The monoisotopic (exact) mass is 379 g/mol. The van der Waals surface area contributed by atoms with Gasteiger partial charge in [0.05, 0.1) is 6.54 Å². The van der Waals surface area contributed by atoms with Crippen molar-refractivity contribution < 1.29 is 5.11 Å². The summed E-state index contributed by atoms with van der Waals surface area (Å²) in [7, 11) is 0. The molecule has 0 unspecified atom stereocenters. The highest BCUT2D eigenvalue weighted by Gasteiger charge is 2.34. The number of nitrogens with zero attached hydrogens (tertiary/aromatic N) is 1. The van der Waals surface area contributed by atoms with Crippen LogP contribution in [0.5, 0.6) is 0 Å². The molecule has 2 nitrogen and oxygen atoms in total. The summed E-state index contributed by atoms with van der Waals surface area (Å²) in [6.45, 7) is 1.16. The topological polar surface area (TPSA) is 23.5 Å². The van der Waals surface area contributed by atoms with Crippen LogP contribution in [0.2, 0.25) is 0 Å². The zero-order valence-corrected chi connectivity index (χ0v) is 16.4. The smallest absolute Gasteiger partial charge is 0.132 e. The van der Waals surface area contributed by atoms with Crippen LogP contribution in [0.15, 0.2) is 121 Å². The summed E-state index contributed by atoms with van der Waals surface area (Å²) >= 11 is 0. The minimum atomic E-state index is -1.13. The van der Waals surface area contributed by atoms with Gasteiger partial charge in [-0.05, 0) is 28.8 Å². The molecule has 0 saturated carbocycles. The fourth-order valence-corrected chi connectivity index (χ4v) is 3.73. The van der Waals surface area contributed by atoms with Gasteiger partial charge in [-0.3, -0.25) is 0 Å². The Morgan fingerprint density at radius 2 is 0.966 bits per heavy atom. The third-order valence-electron chi connectivity index (χ3n) is 5.26. The molecule has 0 aliphatic carbocycles. The Bertz CT molecular complexity index is 962. The van der Waals surface area contributed by atoms with Crippen LogP contribution in [0.25, 0.3) is 0 Å². The summed E-state index contributed by atoms with van der Waals surface area (Å²) in [4.78, 5) is 2.25. The van der Waals surface area contributed by atoms with Gasteiger partial charge in [0.2, 0.25) is 0 Å². The molecule has 144 valence electrons. The molecular formula is C27H25NO. The van der Waals surface area contributed by atoms with E-state index in [2.05, 4.69) is 41.3 Å². The van der Waals surface area contributed by atoms with Gasteiger partial charge in [-0.25, -0.2) is 0 Å². The van der Waals surface area contributed by atoms with Gasteiger partial charge in [0.25, 0.3) is 0 Å². The largest absolute Gasteiger partial charge is 0.379 e. The predicted octanol–water partition coefficient (Wildman–Crippen LogP) is 5.63. The molecule has 0 fully saturated rings. The summed E-state index contributed by atoms with van der Waals surface area (Å²) < 4.78 is 0. The van der Waals surface area contributed by atoms with Crippen LogP contribution >= 0.6 is 0 Å². The van der Waals surface area contributed by atoms with E-state index in [0.717, 1.165) is 16.8 Å². The lowest BCUT2D eigenvalue weighted by Crippen LogP contribution is -2.41. The van der Waals surface area contributed by atoms with Crippen LogP contribution in [0.3, 0.4) is 0 Å². The minimum Gasteiger partial charge on any atom is -0.379 e. The van der Waals surface area contributed by atoms with Crippen LogP contribution in [0.4, 0.5) is 5.69 Å². The average molecular weight is 380 g/mol. The van der Waals surface area contributed by atoms with Gasteiger partial charge in [0.1, 0.15) is 5.60 Å². The van der Waals surface area contributed by atoms with Crippen molar-refractivity contribution in [1.29, 1.82) is 0 Å². The van der Waals surface area contributed by atoms with E-state index in [1.54, 1.807) is 0 Å². The third kappa shape index (κ3) is 4.39. The Kier molecular flexibility index (Phi) is 5.73. The van der Waals surface area contributed by atoms with Crippen LogP contribution in [-0.4, -0.2) is 11.7 Å². The highest BCUT2D eigenvalue weighted by atomic mass is 16.3. The molecule has 4 rings (SSSR count). The molecular weight excluding hydrogens is 354 g/mol. The maximum Gasteiger partial charge on any atom is 0.132 e. The molecule has 2 heteroatoms. The minimum absolute atomic E-state index is 0.444. The molecule has 29 heavy (non-hydrogen) atoms. The summed E-state index contributed by atoms with van der Waals surface area (Å²) in [5, 5.41) is 12.0. The van der Waals surface area contributed by atoms with Crippen molar-refractivity contribution in [3.8, 4) is 0 Å². The first kappa shape index (κ1) is 19.0. The molecule has 1 N–H and O–H groups in total. The maximum absolute atomic E-state index is 12.0. The van der Waals surface area contributed by atoms with Crippen molar-refractivity contribution in [2.24, 2.45) is 0 Å². The second-order valence-corrected chi connectivity index (χ2v) is 7.27. The lowest BCUT2D eigenvalue weighted by Gasteiger charge is -2.36. The van der Waals surface area contributed by atoms with Crippen molar-refractivity contribution in [2.75, 3.05) is 11.4 Å². The van der Waals surface area contributed by atoms with Crippen molar-refractivity contribution in [3.63, 3.8) is 0 Å². The number of rotatable bonds is 7. The number of hydrogen-bond donors (Lipinski definition) is 1. The van der Waals surface area contributed by atoms with E-state index < -0.39 is 5.60 Å². The van der Waals surface area contributed by atoms with E-state index >= 15 is 0 Å². The van der Waals surface area contributed by atoms with Crippen molar-refractivity contribution in [1.82, 2.24) is 0 Å². The zero-order chi connectivity index (χ0) is 19.9. The fourth-order valence-electron chi connectivity index (χ4n) is 3.73. The van der Waals surface area contributed by atoms with Gasteiger partial charge in [-0.15, -0.1) is 0 Å². The molecule has 0 amide bonds. The number of hydrogen-bond acceptors (Lipinski definition) is 2. The Hall–Kier alpha value is -3.36. The van der Waals surface area contributed by atoms with Gasteiger partial charge in [0.15, 0.2) is 0 Å². The molecule has 0 aliphatic heterocycles. The fraction of sp³-hybridized carbons (Fsp3) is 0.111. The van der Waals surface area contributed by atoms with Gasteiger partial charge < -0.3 is 10.0 Å². The van der Waals surface area contributed by atoms with E-state index in [9.17, 15) is 5.11 Å². The molecule has 0 aliphatic rings. The van der Waals surface area contributed by atoms with Crippen molar-refractivity contribution in [3.05, 3.63) is 138 Å². The average Bonchev–Trinajstić information content (AvgIpc) is 2.81. The quantitative estimate of drug-likeness (QED) is 0.450. The molecule has 0 bridgehead atoms. The maximum atomic E-state index is 12.0. The second kappa shape index (κ2) is 8.76. The Labute approximate surface area is 172 Å². The number of anilines is 1. The lowest BCUT2D eigenvalue weighted by atomic mass is 9.85. The summed E-state index contributed by atoms with van der Waals surface area (Å²) in [5.41, 5.74) is 2.94. The third-order valence-corrected chi connectivity index (χ3v) is 5.26. The molecule has 4 aromatic rings. The zero-order valence-electron chi connectivity index (χ0n) is 16.4. The summed E-state index contributed by atoms with van der Waals surface area (Å²) in [6.07, 6.45) is 0. The predicted molar refractivity (Wildman–Crippen MR) is 120 cm³/mol. The highest BCUT2D eigenvalue weighted by Crippen LogP contribution is 2.32. The number of para-hydroxylation sites is 1. The highest BCUT2D eigenvalue weighted by molar-refractivity contribution is 5.49. The van der Waals surface area contributed by atoms with Crippen molar-refractivity contribution >= 4 is 5.69 Å². The van der Waals surface area contributed by atoms with E-state index in [0.29, 0.717) is 13.1 Å². The van der Waals surface area contributed by atoms with Crippen LogP contribution in [-0.2, 0) is 12.1 Å². The normalized spacial score (nSPS) is 11.2. The number of benzene rings is 4. The van der Waals surface area contributed by atoms with Gasteiger partial charge in [-0.2, -0.15) is 0 Å². The van der Waals surface area contributed by atoms with E-state index in [1.165, 1.54) is 5.56 Å². The summed E-state index contributed by atoms with van der Waals surface area (Å²) in [5.74, 6) is 0. The number of aliphatic hydroxyl groups is 1. The van der Waals surface area contributed by atoms with Gasteiger partial charge in [0, 0.05) is 12.2 Å². The van der Waals surface area contributed by atoms with Gasteiger partial charge in [-0.1, -0.05) is 109 Å². The molecule has 0 saturated heterocycles. The lowest BCUT2D eigenvalue weighted by molar-refractivity contribution is 0.0873. The molecule has 0 radical (unpaired) electrons. The SMILES string of the molecule is OC(CN(Cc1ccccc1)c1ccccc1)(c1ccccc1)c1ccccc1. The van der Waals surface area contributed by atoms with E-state index in [4.69, 9.17) is 0 Å². The second-order valence-electron chi connectivity index (χ2n) is 7.27.